The summed E-state index contributed by atoms with van der Waals surface area (Å²) in [6.45, 7) is 0. The molecule has 3 aromatic heterocycles. The van der Waals surface area contributed by atoms with Crippen LogP contribution >= 0.6 is 11.3 Å². The van der Waals surface area contributed by atoms with Crippen LogP contribution in [0.25, 0.3) is 22.2 Å². The Kier molecular flexibility index (Phi) is 2.68. The largest absolute Gasteiger partial charge is 0.476 e. The van der Waals surface area contributed by atoms with Crippen molar-refractivity contribution >= 4 is 17.3 Å². The fourth-order valence-corrected chi connectivity index (χ4v) is 2.39. The zero-order chi connectivity index (χ0) is 13.4. The summed E-state index contributed by atoms with van der Waals surface area (Å²) in [6, 6.07) is 5.37. The predicted octanol–water partition coefficient (Wildman–Crippen LogP) is 2.50. The molecule has 0 bridgehead atoms. The average Bonchev–Trinajstić information content (AvgIpc) is 3.07. The lowest BCUT2D eigenvalue weighted by molar-refractivity contribution is 0.0691. The van der Waals surface area contributed by atoms with Crippen LogP contribution in [-0.2, 0) is 7.05 Å². The molecule has 0 saturated heterocycles. The lowest BCUT2D eigenvalue weighted by Gasteiger charge is -1.97. The van der Waals surface area contributed by atoms with Crippen LogP contribution in [-0.4, -0.2) is 25.8 Å². The third-order valence-electron chi connectivity index (χ3n) is 2.62. The second-order valence-corrected chi connectivity index (χ2v) is 4.77. The first kappa shape index (κ1) is 11.7. The van der Waals surface area contributed by atoms with E-state index in [0.717, 1.165) is 4.88 Å². The summed E-state index contributed by atoms with van der Waals surface area (Å²) < 4.78 is 7.15. The van der Waals surface area contributed by atoms with Crippen LogP contribution in [0.1, 0.15) is 10.5 Å². The van der Waals surface area contributed by atoms with Gasteiger partial charge in [0.25, 0.3) is 0 Å². The van der Waals surface area contributed by atoms with Gasteiger partial charge in [0.15, 0.2) is 11.5 Å². The molecule has 1 N–H and O–H groups in total. The van der Waals surface area contributed by atoms with Gasteiger partial charge < -0.3 is 9.52 Å². The Morgan fingerprint density at radius 2 is 2.32 bits per heavy atom. The van der Waals surface area contributed by atoms with Gasteiger partial charge in [-0.1, -0.05) is 6.07 Å². The molecule has 0 aromatic carbocycles. The van der Waals surface area contributed by atoms with E-state index in [0.29, 0.717) is 11.6 Å². The highest BCUT2D eigenvalue weighted by Gasteiger charge is 2.23. The molecular formula is C12H9N3O3S. The normalized spacial score (nSPS) is 10.8. The minimum absolute atomic E-state index is 0.105. The van der Waals surface area contributed by atoms with Crippen LogP contribution in [0.15, 0.2) is 34.2 Å². The number of aromatic nitrogens is 3. The van der Waals surface area contributed by atoms with Crippen LogP contribution in [0.4, 0.5) is 0 Å². The number of carboxylic acids is 1. The van der Waals surface area contributed by atoms with Gasteiger partial charge in [-0.15, -0.1) is 11.3 Å². The smallest absolute Gasteiger partial charge is 0.358 e. The Labute approximate surface area is 111 Å². The topological polar surface area (TPSA) is 81.2 Å². The number of carboxylic acid groups (broad SMARTS) is 1. The van der Waals surface area contributed by atoms with Crippen LogP contribution in [0.3, 0.4) is 0 Å². The SMILES string of the molecule is Cn1nccc1-c1oc(-c2cccs2)nc1C(=O)O. The second-order valence-electron chi connectivity index (χ2n) is 3.82. The molecule has 0 amide bonds. The lowest BCUT2D eigenvalue weighted by atomic mass is 10.2. The van der Waals surface area contributed by atoms with E-state index in [2.05, 4.69) is 10.1 Å². The molecule has 6 nitrogen and oxygen atoms in total. The first-order valence-corrected chi connectivity index (χ1v) is 6.31. The fourth-order valence-electron chi connectivity index (χ4n) is 1.74. The van der Waals surface area contributed by atoms with Crippen molar-refractivity contribution in [3.05, 3.63) is 35.5 Å². The van der Waals surface area contributed by atoms with Gasteiger partial charge in [0.1, 0.15) is 5.69 Å². The summed E-state index contributed by atoms with van der Waals surface area (Å²) in [5.41, 5.74) is 0.472. The van der Waals surface area contributed by atoms with Gasteiger partial charge in [0.2, 0.25) is 5.89 Å². The number of carbonyl (C=O) groups is 1. The number of aromatic carboxylic acids is 1. The molecule has 19 heavy (non-hydrogen) atoms. The highest BCUT2D eigenvalue weighted by atomic mass is 32.1. The molecule has 0 saturated carbocycles. The number of rotatable bonds is 3. The van der Waals surface area contributed by atoms with Crippen LogP contribution in [0, 0.1) is 0 Å². The van der Waals surface area contributed by atoms with Crippen molar-refractivity contribution in [2.45, 2.75) is 0 Å². The van der Waals surface area contributed by atoms with E-state index in [1.54, 1.807) is 24.0 Å². The summed E-state index contributed by atoms with van der Waals surface area (Å²) in [5.74, 6) is -0.595. The standard InChI is InChI=1S/C12H9N3O3S/c1-15-7(4-5-13-15)10-9(12(16)17)14-11(18-10)8-3-2-6-19-8/h2-6H,1H3,(H,16,17). The Bertz CT molecular complexity index is 727. The Morgan fingerprint density at radius 1 is 1.47 bits per heavy atom. The maximum absolute atomic E-state index is 11.3. The molecule has 0 unspecified atom stereocenters. The second kappa shape index (κ2) is 4.36. The molecule has 7 heteroatoms. The molecule has 0 fully saturated rings. The van der Waals surface area contributed by atoms with E-state index in [-0.39, 0.29) is 11.5 Å². The van der Waals surface area contributed by atoms with Gasteiger partial charge in [-0.05, 0) is 17.5 Å². The number of hydrogen-bond acceptors (Lipinski definition) is 5. The summed E-state index contributed by atoms with van der Waals surface area (Å²) >= 11 is 1.44. The number of oxazole rings is 1. The van der Waals surface area contributed by atoms with E-state index in [4.69, 9.17) is 4.42 Å². The number of nitrogens with zero attached hydrogens (tertiary/aromatic N) is 3. The maximum Gasteiger partial charge on any atom is 0.358 e. The van der Waals surface area contributed by atoms with E-state index in [1.165, 1.54) is 11.3 Å². The first-order valence-electron chi connectivity index (χ1n) is 5.43. The average molecular weight is 275 g/mol. The molecular weight excluding hydrogens is 266 g/mol. The van der Waals surface area contributed by atoms with Crippen molar-refractivity contribution in [1.29, 1.82) is 0 Å². The van der Waals surface area contributed by atoms with Crippen molar-refractivity contribution in [3.8, 4) is 22.2 Å². The van der Waals surface area contributed by atoms with E-state index in [1.807, 2.05) is 17.5 Å². The summed E-state index contributed by atoms with van der Waals surface area (Å²) in [4.78, 5) is 16.1. The molecule has 3 heterocycles. The van der Waals surface area contributed by atoms with Crippen LogP contribution in [0.5, 0.6) is 0 Å². The van der Waals surface area contributed by atoms with Crippen molar-refractivity contribution in [1.82, 2.24) is 14.8 Å². The summed E-state index contributed by atoms with van der Waals surface area (Å²) in [6.07, 6.45) is 1.58. The van der Waals surface area contributed by atoms with Gasteiger partial charge in [0.05, 0.1) is 4.88 Å². The quantitative estimate of drug-likeness (QED) is 0.794. The molecule has 3 aromatic rings. The highest BCUT2D eigenvalue weighted by molar-refractivity contribution is 7.13. The van der Waals surface area contributed by atoms with Gasteiger partial charge in [-0.2, -0.15) is 5.10 Å². The summed E-state index contributed by atoms with van der Waals surface area (Å²) in [7, 11) is 1.72. The summed E-state index contributed by atoms with van der Waals surface area (Å²) in [5, 5.41) is 15.1. The fraction of sp³-hybridized carbons (Fsp3) is 0.0833. The monoisotopic (exact) mass is 275 g/mol. The van der Waals surface area contributed by atoms with Crippen LogP contribution < -0.4 is 0 Å². The zero-order valence-electron chi connectivity index (χ0n) is 9.90. The predicted molar refractivity (Wildman–Crippen MR) is 69.0 cm³/mol. The van der Waals surface area contributed by atoms with Gasteiger partial charge in [0, 0.05) is 13.2 Å². The molecule has 0 aliphatic carbocycles. The first-order chi connectivity index (χ1) is 9.16. The molecule has 0 atom stereocenters. The van der Waals surface area contributed by atoms with Crippen molar-refractivity contribution in [2.75, 3.05) is 0 Å². The third kappa shape index (κ3) is 1.93. The zero-order valence-corrected chi connectivity index (χ0v) is 10.7. The molecule has 0 spiro atoms. The van der Waals surface area contributed by atoms with Crippen LogP contribution in [0.2, 0.25) is 0 Å². The maximum atomic E-state index is 11.3. The Morgan fingerprint density at radius 3 is 2.89 bits per heavy atom. The number of aryl methyl sites for hydroxylation is 1. The third-order valence-corrected chi connectivity index (χ3v) is 3.47. The molecule has 3 rings (SSSR count). The van der Waals surface area contributed by atoms with Crippen molar-refractivity contribution < 1.29 is 14.3 Å². The van der Waals surface area contributed by atoms with E-state index in [9.17, 15) is 9.90 Å². The van der Waals surface area contributed by atoms with Gasteiger partial charge in [-0.25, -0.2) is 9.78 Å². The minimum atomic E-state index is -1.12. The van der Waals surface area contributed by atoms with Gasteiger partial charge >= 0.3 is 5.97 Å². The lowest BCUT2D eigenvalue weighted by Crippen LogP contribution is -2.01. The molecule has 0 aliphatic heterocycles. The molecule has 0 aliphatic rings. The minimum Gasteiger partial charge on any atom is -0.476 e. The highest BCUT2D eigenvalue weighted by Crippen LogP contribution is 2.31. The van der Waals surface area contributed by atoms with E-state index < -0.39 is 5.97 Å². The van der Waals surface area contributed by atoms with E-state index >= 15 is 0 Å². The Hall–Kier alpha value is -2.41. The molecule has 0 radical (unpaired) electrons. The van der Waals surface area contributed by atoms with Gasteiger partial charge in [-0.3, -0.25) is 4.68 Å². The number of thiophene rings is 1. The Balaban J connectivity index is 2.19. The number of hydrogen-bond donors (Lipinski definition) is 1. The molecule has 96 valence electrons. The van der Waals surface area contributed by atoms with Crippen molar-refractivity contribution in [3.63, 3.8) is 0 Å². The van der Waals surface area contributed by atoms with Crippen molar-refractivity contribution in [2.24, 2.45) is 7.05 Å².